The van der Waals surface area contributed by atoms with Crippen LogP contribution in [0, 0.1) is 0 Å². The van der Waals surface area contributed by atoms with E-state index in [2.05, 4.69) is 35.8 Å². The average molecular weight is 421 g/mol. The first-order chi connectivity index (χ1) is 13.4. The highest BCUT2D eigenvalue weighted by atomic mass is 35.5. The molecule has 1 saturated heterocycles. The van der Waals surface area contributed by atoms with E-state index in [0.717, 1.165) is 66.4 Å². The van der Waals surface area contributed by atoms with Gasteiger partial charge in [0.05, 0.1) is 0 Å². The van der Waals surface area contributed by atoms with Crippen molar-refractivity contribution >= 4 is 23.2 Å². The lowest BCUT2D eigenvalue weighted by molar-refractivity contribution is 0.110. The summed E-state index contributed by atoms with van der Waals surface area (Å²) in [7, 11) is 0. The highest BCUT2D eigenvalue weighted by molar-refractivity contribution is 6.31. The molecule has 0 N–H and O–H groups in total. The second kappa shape index (κ2) is 8.11. The van der Waals surface area contributed by atoms with Gasteiger partial charge in [-0.1, -0.05) is 49.2 Å². The fourth-order valence-electron chi connectivity index (χ4n) is 3.98. The topological polar surface area (TPSA) is 24.9 Å². The minimum absolute atomic E-state index is 0.0907. The van der Waals surface area contributed by atoms with Gasteiger partial charge < -0.3 is 9.47 Å². The van der Waals surface area contributed by atoms with Crippen LogP contribution in [-0.2, 0) is 12.0 Å². The summed E-state index contributed by atoms with van der Waals surface area (Å²) in [6.07, 6.45) is 0. The van der Waals surface area contributed by atoms with Gasteiger partial charge in [0, 0.05) is 60.8 Å². The standard InChI is InChI=1S/C22H26Cl2N2O2/c1-22(2,17-3-5-18(23)6-4-17)14-26-9-7-25(8-10-26)13-16-11-20-21(12-19(16)24)28-15-27-20/h3-6,11-12H,7-10,13-15H2,1-2H3. The summed E-state index contributed by atoms with van der Waals surface area (Å²) >= 11 is 12.5. The summed E-state index contributed by atoms with van der Waals surface area (Å²) in [4.78, 5) is 5.00. The Bertz CT molecular complexity index is 831. The van der Waals surface area contributed by atoms with Gasteiger partial charge >= 0.3 is 0 Å². The van der Waals surface area contributed by atoms with Gasteiger partial charge in [-0.05, 0) is 29.3 Å². The Morgan fingerprint density at radius 1 is 0.893 bits per heavy atom. The third-order valence-electron chi connectivity index (χ3n) is 5.65. The van der Waals surface area contributed by atoms with Crippen LogP contribution in [0.3, 0.4) is 0 Å². The summed E-state index contributed by atoms with van der Waals surface area (Å²) in [5.74, 6) is 1.53. The molecule has 4 rings (SSSR count). The molecule has 0 bridgehead atoms. The summed E-state index contributed by atoms with van der Waals surface area (Å²) in [6.45, 7) is 10.9. The molecule has 0 amide bonds. The van der Waals surface area contributed by atoms with Crippen LogP contribution in [0.2, 0.25) is 10.0 Å². The first kappa shape index (κ1) is 19.8. The van der Waals surface area contributed by atoms with Crippen molar-refractivity contribution in [3.63, 3.8) is 0 Å². The van der Waals surface area contributed by atoms with E-state index in [4.69, 9.17) is 32.7 Å². The monoisotopic (exact) mass is 420 g/mol. The quantitative estimate of drug-likeness (QED) is 0.692. The third kappa shape index (κ3) is 4.41. The van der Waals surface area contributed by atoms with E-state index in [1.807, 2.05) is 24.3 Å². The van der Waals surface area contributed by atoms with Crippen molar-refractivity contribution in [2.24, 2.45) is 0 Å². The van der Waals surface area contributed by atoms with Crippen molar-refractivity contribution in [2.75, 3.05) is 39.5 Å². The van der Waals surface area contributed by atoms with Crippen molar-refractivity contribution in [1.82, 2.24) is 9.80 Å². The molecule has 0 atom stereocenters. The van der Waals surface area contributed by atoms with Crippen LogP contribution in [0.4, 0.5) is 0 Å². The Morgan fingerprint density at radius 3 is 2.18 bits per heavy atom. The number of hydrogen-bond donors (Lipinski definition) is 0. The molecular weight excluding hydrogens is 395 g/mol. The number of piperazine rings is 1. The molecule has 150 valence electrons. The Labute approximate surface area is 176 Å². The molecular formula is C22H26Cl2N2O2. The lowest BCUT2D eigenvalue weighted by Gasteiger charge is -2.39. The van der Waals surface area contributed by atoms with Crippen molar-refractivity contribution in [3.8, 4) is 11.5 Å². The Kier molecular flexibility index (Phi) is 5.75. The van der Waals surface area contributed by atoms with Gasteiger partial charge in [0.15, 0.2) is 11.5 Å². The van der Waals surface area contributed by atoms with E-state index in [-0.39, 0.29) is 12.2 Å². The summed E-state index contributed by atoms with van der Waals surface area (Å²) in [6, 6.07) is 12.1. The molecule has 0 radical (unpaired) electrons. The molecule has 0 unspecified atom stereocenters. The molecule has 4 nitrogen and oxygen atoms in total. The number of rotatable bonds is 5. The molecule has 0 spiro atoms. The fraction of sp³-hybridized carbons (Fsp3) is 0.455. The molecule has 2 aliphatic rings. The lowest BCUT2D eigenvalue weighted by Crippen LogP contribution is -2.49. The predicted molar refractivity (Wildman–Crippen MR) is 114 cm³/mol. The van der Waals surface area contributed by atoms with Crippen LogP contribution in [0.25, 0.3) is 0 Å². The molecule has 1 fully saturated rings. The molecule has 0 aliphatic carbocycles. The van der Waals surface area contributed by atoms with E-state index < -0.39 is 0 Å². The number of nitrogens with zero attached hydrogens (tertiary/aromatic N) is 2. The summed E-state index contributed by atoms with van der Waals surface area (Å²) in [5, 5.41) is 1.53. The number of hydrogen-bond acceptors (Lipinski definition) is 4. The number of fused-ring (bicyclic) bond motifs is 1. The fourth-order valence-corrected chi connectivity index (χ4v) is 4.32. The highest BCUT2D eigenvalue weighted by Crippen LogP contribution is 2.37. The zero-order valence-corrected chi connectivity index (χ0v) is 17.9. The van der Waals surface area contributed by atoms with E-state index in [1.54, 1.807) is 0 Å². The first-order valence-corrected chi connectivity index (χ1v) is 10.5. The van der Waals surface area contributed by atoms with Crippen molar-refractivity contribution in [3.05, 3.63) is 57.6 Å². The first-order valence-electron chi connectivity index (χ1n) is 9.69. The number of benzene rings is 2. The lowest BCUT2D eigenvalue weighted by atomic mass is 9.84. The van der Waals surface area contributed by atoms with E-state index >= 15 is 0 Å². The van der Waals surface area contributed by atoms with E-state index in [0.29, 0.717) is 0 Å². The van der Waals surface area contributed by atoms with Crippen LogP contribution in [0.15, 0.2) is 36.4 Å². The van der Waals surface area contributed by atoms with Gasteiger partial charge in [-0.25, -0.2) is 0 Å². The normalized spacial score (nSPS) is 17.9. The zero-order chi connectivity index (χ0) is 19.7. The molecule has 2 heterocycles. The van der Waals surface area contributed by atoms with Crippen LogP contribution in [-0.4, -0.2) is 49.3 Å². The predicted octanol–water partition coefficient (Wildman–Crippen LogP) is 4.82. The van der Waals surface area contributed by atoms with Crippen molar-refractivity contribution in [2.45, 2.75) is 25.8 Å². The van der Waals surface area contributed by atoms with Crippen molar-refractivity contribution < 1.29 is 9.47 Å². The maximum absolute atomic E-state index is 6.44. The second-order valence-corrected chi connectivity index (χ2v) is 9.08. The highest BCUT2D eigenvalue weighted by Gasteiger charge is 2.27. The SMILES string of the molecule is CC(C)(CN1CCN(Cc2cc3c(cc2Cl)OCO3)CC1)c1ccc(Cl)cc1. The summed E-state index contributed by atoms with van der Waals surface area (Å²) in [5.41, 5.74) is 2.51. The van der Waals surface area contributed by atoms with E-state index in [9.17, 15) is 0 Å². The van der Waals surface area contributed by atoms with Gasteiger partial charge in [0.2, 0.25) is 6.79 Å². The van der Waals surface area contributed by atoms with Crippen LogP contribution in [0.5, 0.6) is 11.5 Å². The van der Waals surface area contributed by atoms with Crippen LogP contribution < -0.4 is 9.47 Å². The van der Waals surface area contributed by atoms with Gasteiger partial charge in [-0.2, -0.15) is 0 Å². The smallest absolute Gasteiger partial charge is 0.231 e. The molecule has 28 heavy (non-hydrogen) atoms. The Morgan fingerprint density at radius 2 is 1.50 bits per heavy atom. The molecule has 2 aromatic carbocycles. The Hall–Kier alpha value is -1.46. The zero-order valence-electron chi connectivity index (χ0n) is 16.4. The molecule has 2 aliphatic heterocycles. The minimum Gasteiger partial charge on any atom is -0.454 e. The van der Waals surface area contributed by atoms with Gasteiger partial charge in [-0.3, -0.25) is 9.80 Å². The number of ether oxygens (including phenoxy) is 2. The third-order valence-corrected chi connectivity index (χ3v) is 6.25. The van der Waals surface area contributed by atoms with Crippen molar-refractivity contribution in [1.29, 1.82) is 0 Å². The maximum atomic E-state index is 6.44. The molecule has 0 saturated carbocycles. The Balaban J connectivity index is 1.33. The second-order valence-electron chi connectivity index (χ2n) is 8.24. The van der Waals surface area contributed by atoms with Gasteiger partial charge in [0.25, 0.3) is 0 Å². The van der Waals surface area contributed by atoms with E-state index in [1.165, 1.54) is 5.56 Å². The minimum atomic E-state index is 0.0907. The van der Waals surface area contributed by atoms with Crippen LogP contribution in [0.1, 0.15) is 25.0 Å². The summed E-state index contributed by atoms with van der Waals surface area (Å²) < 4.78 is 10.9. The van der Waals surface area contributed by atoms with Gasteiger partial charge in [-0.15, -0.1) is 0 Å². The number of halogens is 2. The molecule has 2 aromatic rings. The molecule has 0 aromatic heterocycles. The average Bonchev–Trinajstić information content (AvgIpc) is 3.11. The van der Waals surface area contributed by atoms with Gasteiger partial charge in [0.1, 0.15) is 0 Å². The maximum Gasteiger partial charge on any atom is 0.231 e. The van der Waals surface area contributed by atoms with Crippen LogP contribution >= 0.6 is 23.2 Å². The molecule has 6 heteroatoms. The largest absolute Gasteiger partial charge is 0.454 e.